The Morgan fingerprint density at radius 1 is 1.19 bits per heavy atom. The van der Waals surface area contributed by atoms with Crippen LogP contribution in [0.5, 0.6) is 5.75 Å². The molecular formula is C20H16N2O5. The Morgan fingerprint density at radius 3 is 2.81 bits per heavy atom. The van der Waals surface area contributed by atoms with E-state index in [9.17, 15) is 14.7 Å². The summed E-state index contributed by atoms with van der Waals surface area (Å²) in [6, 6.07) is 11.7. The van der Waals surface area contributed by atoms with Gasteiger partial charge in [-0.2, -0.15) is 5.10 Å². The molecule has 4 aromatic rings. The van der Waals surface area contributed by atoms with Crippen LogP contribution in [0.25, 0.3) is 21.9 Å². The van der Waals surface area contributed by atoms with E-state index in [1.807, 2.05) is 25.1 Å². The number of nitrogens with zero attached hydrogens (tertiary/aromatic N) is 1. The fourth-order valence-corrected chi connectivity index (χ4v) is 3.04. The second-order valence-electron chi connectivity index (χ2n) is 6.12. The van der Waals surface area contributed by atoms with Crippen LogP contribution < -0.4 is 5.63 Å². The van der Waals surface area contributed by atoms with Gasteiger partial charge in [-0.05, 0) is 24.1 Å². The van der Waals surface area contributed by atoms with Gasteiger partial charge in [-0.1, -0.05) is 25.1 Å². The van der Waals surface area contributed by atoms with Crippen molar-refractivity contribution in [1.29, 1.82) is 0 Å². The summed E-state index contributed by atoms with van der Waals surface area (Å²) in [7, 11) is 0. The molecule has 0 amide bonds. The van der Waals surface area contributed by atoms with Gasteiger partial charge in [0.2, 0.25) is 0 Å². The minimum absolute atomic E-state index is 0.0605. The minimum atomic E-state index is -0.594. The number of hydrogen-bond donors (Lipinski definition) is 2. The number of rotatable bonds is 4. The molecule has 0 saturated carbocycles. The van der Waals surface area contributed by atoms with Gasteiger partial charge in [0.1, 0.15) is 17.9 Å². The molecule has 0 aliphatic heterocycles. The van der Waals surface area contributed by atoms with Crippen LogP contribution in [0.4, 0.5) is 0 Å². The number of benzene rings is 2. The molecule has 0 bridgehead atoms. The zero-order chi connectivity index (χ0) is 19.0. The van der Waals surface area contributed by atoms with Gasteiger partial charge in [-0.3, -0.25) is 5.10 Å². The molecule has 0 radical (unpaired) electrons. The second kappa shape index (κ2) is 6.60. The lowest BCUT2D eigenvalue weighted by Gasteiger charge is -2.09. The lowest BCUT2D eigenvalue weighted by molar-refractivity contribution is 0.0469. The number of esters is 1. The minimum Gasteiger partial charge on any atom is -0.508 e. The van der Waals surface area contributed by atoms with E-state index in [4.69, 9.17) is 9.15 Å². The number of fused-ring (bicyclic) bond motifs is 2. The van der Waals surface area contributed by atoms with Crippen molar-refractivity contribution in [3.8, 4) is 5.75 Å². The van der Waals surface area contributed by atoms with Crippen molar-refractivity contribution < 1.29 is 19.1 Å². The Labute approximate surface area is 153 Å². The number of ether oxygens (including phenoxy) is 1. The highest BCUT2D eigenvalue weighted by atomic mass is 16.5. The molecule has 0 atom stereocenters. The first-order valence-electron chi connectivity index (χ1n) is 8.45. The molecule has 0 spiro atoms. The van der Waals surface area contributed by atoms with Gasteiger partial charge >= 0.3 is 11.6 Å². The van der Waals surface area contributed by atoms with Crippen molar-refractivity contribution in [2.75, 3.05) is 0 Å². The first kappa shape index (κ1) is 16.8. The van der Waals surface area contributed by atoms with E-state index in [2.05, 4.69) is 10.2 Å². The van der Waals surface area contributed by atoms with Gasteiger partial charge < -0.3 is 14.3 Å². The Hall–Kier alpha value is -3.61. The van der Waals surface area contributed by atoms with Crippen LogP contribution in [-0.2, 0) is 17.8 Å². The van der Waals surface area contributed by atoms with E-state index in [-0.39, 0.29) is 23.6 Å². The van der Waals surface area contributed by atoms with Crippen molar-refractivity contribution in [3.05, 3.63) is 69.7 Å². The fraction of sp³-hybridized carbons (Fsp3) is 0.150. The van der Waals surface area contributed by atoms with E-state index in [1.165, 1.54) is 12.1 Å². The molecule has 2 aromatic carbocycles. The molecule has 2 aromatic heterocycles. The maximum absolute atomic E-state index is 12.4. The van der Waals surface area contributed by atoms with Crippen molar-refractivity contribution in [2.45, 2.75) is 20.0 Å². The molecule has 0 aliphatic rings. The first-order valence-corrected chi connectivity index (χ1v) is 8.45. The number of hydrogen-bond acceptors (Lipinski definition) is 6. The Kier molecular flexibility index (Phi) is 4.12. The molecule has 0 fully saturated rings. The predicted octanol–water partition coefficient (Wildman–Crippen LogP) is 3.29. The van der Waals surface area contributed by atoms with Gasteiger partial charge in [0, 0.05) is 28.5 Å². The molecule has 2 N–H and O–H groups in total. The summed E-state index contributed by atoms with van der Waals surface area (Å²) in [4.78, 5) is 24.3. The molecule has 2 heterocycles. The molecule has 0 aliphatic carbocycles. The molecule has 4 rings (SSSR count). The lowest BCUT2D eigenvalue weighted by atomic mass is 10.0. The van der Waals surface area contributed by atoms with Gasteiger partial charge in [0.25, 0.3) is 0 Å². The number of H-pyrrole nitrogens is 1. The summed E-state index contributed by atoms with van der Waals surface area (Å²) in [5.41, 5.74) is 1.80. The van der Waals surface area contributed by atoms with E-state index in [0.717, 1.165) is 5.52 Å². The summed E-state index contributed by atoms with van der Waals surface area (Å²) in [6.07, 6.45) is 0.611. The van der Waals surface area contributed by atoms with Gasteiger partial charge in [0.15, 0.2) is 5.69 Å². The fourth-order valence-electron chi connectivity index (χ4n) is 3.04. The zero-order valence-corrected chi connectivity index (χ0v) is 14.5. The Balaban J connectivity index is 1.67. The van der Waals surface area contributed by atoms with Crippen LogP contribution in [0.2, 0.25) is 0 Å². The highest BCUT2D eigenvalue weighted by molar-refractivity contribution is 6.01. The third-order valence-electron chi connectivity index (χ3n) is 4.43. The number of aryl methyl sites for hydroxylation is 1. The van der Waals surface area contributed by atoms with Gasteiger partial charge in [-0.25, -0.2) is 9.59 Å². The van der Waals surface area contributed by atoms with E-state index >= 15 is 0 Å². The third kappa shape index (κ3) is 3.03. The van der Waals surface area contributed by atoms with Crippen LogP contribution in [-0.4, -0.2) is 21.3 Å². The number of aromatic amines is 1. The number of phenolic OH excluding ortho intramolecular Hbond substituents is 1. The molecule has 0 unspecified atom stereocenters. The second-order valence-corrected chi connectivity index (χ2v) is 6.12. The Bertz CT molecular complexity index is 1220. The van der Waals surface area contributed by atoms with Crippen LogP contribution in [0.3, 0.4) is 0 Å². The summed E-state index contributed by atoms with van der Waals surface area (Å²) >= 11 is 0. The third-order valence-corrected chi connectivity index (χ3v) is 4.43. The molecule has 0 saturated heterocycles. The number of aromatic hydroxyl groups is 1. The van der Waals surface area contributed by atoms with Crippen molar-refractivity contribution >= 4 is 27.8 Å². The maximum atomic E-state index is 12.4. The lowest BCUT2D eigenvalue weighted by Crippen LogP contribution is -2.09. The van der Waals surface area contributed by atoms with Crippen molar-refractivity contribution in [1.82, 2.24) is 10.2 Å². The normalized spacial score (nSPS) is 11.1. The predicted molar refractivity (Wildman–Crippen MR) is 98.7 cm³/mol. The van der Waals surface area contributed by atoms with Crippen LogP contribution in [0.15, 0.2) is 51.7 Å². The smallest absolute Gasteiger partial charge is 0.359 e. The highest BCUT2D eigenvalue weighted by Crippen LogP contribution is 2.27. The maximum Gasteiger partial charge on any atom is 0.359 e. The highest BCUT2D eigenvalue weighted by Gasteiger charge is 2.17. The molecular weight excluding hydrogens is 348 g/mol. The number of phenols is 1. The van der Waals surface area contributed by atoms with Crippen LogP contribution in [0.1, 0.15) is 28.5 Å². The molecule has 7 heteroatoms. The number of carbonyl (C=O) groups excluding carboxylic acids is 1. The van der Waals surface area contributed by atoms with Gasteiger partial charge in [-0.15, -0.1) is 0 Å². The first-order chi connectivity index (χ1) is 13.1. The van der Waals surface area contributed by atoms with Crippen molar-refractivity contribution in [3.63, 3.8) is 0 Å². The molecule has 7 nitrogen and oxygen atoms in total. The zero-order valence-electron chi connectivity index (χ0n) is 14.5. The summed E-state index contributed by atoms with van der Waals surface area (Å²) in [5, 5.41) is 18.1. The Morgan fingerprint density at radius 2 is 2.00 bits per heavy atom. The number of carbonyl (C=O) groups is 1. The molecule has 136 valence electrons. The van der Waals surface area contributed by atoms with E-state index in [0.29, 0.717) is 28.3 Å². The largest absolute Gasteiger partial charge is 0.508 e. The van der Waals surface area contributed by atoms with E-state index in [1.54, 1.807) is 12.1 Å². The number of nitrogens with one attached hydrogen (secondary N) is 1. The SMILES string of the molecule is CCc1cc2c(COC(=O)c3n[nH]c4ccccc34)cc(=O)oc2cc1O. The quantitative estimate of drug-likeness (QED) is 0.425. The standard InChI is InChI=1S/C20H16N2O5/c1-2-11-7-14-12(8-18(24)27-17(14)9-16(11)23)10-26-20(25)19-13-5-3-4-6-15(13)21-22-19/h3-9,23H,2,10H2,1H3,(H,21,22). The number of para-hydroxylation sites is 1. The summed E-state index contributed by atoms with van der Waals surface area (Å²) in [5.74, 6) is -0.534. The monoisotopic (exact) mass is 364 g/mol. The van der Waals surface area contributed by atoms with Crippen LogP contribution in [0, 0.1) is 0 Å². The average molecular weight is 364 g/mol. The average Bonchev–Trinajstić information content (AvgIpc) is 3.09. The van der Waals surface area contributed by atoms with Gasteiger partial charge in [0.05, 0.1) is 5.52 Å². The topological polar surface area (TPSA) is 105 Å². The number of aromatic nitrogens is 2. The summed E-state index contributed by atoms with van der Waals surface area (Å²) < 4.78 is 10.5. The van der Waals surface area contributed by atoms with Crippen LogP contribution >= 0.6 is 0 Å². The summed E-state index contributed by atoms with van der Waals surface area (Å²) in [6.45, 7) is 1.79. The van der Waals surface area contributed by atoms with E-state index < -0.39 is 11.6 Å². The molecule has 27 heavy (non-hydrogen) atoms. The van der Waals surface area contributed by atoms with Crippen molar-refractivity contribution in [2.24, 2.45) is 0 Å².